The maximum atomic E-state index is 15.2. The van der Waals surface area contributed by atoms with E-state index in [1.54, 1.807) is 40.0 Å². The van der Waals surface area contributed by atoms with Crippen molar-refractivity contribution in [3.05, 3.63) is 71.2 Å². The summed E-state index contributed by atoms with van der Waals surface area (Å²) in [7, 11) is 0. The van der Waals surface area contributed by atoms with Gasteiger partial charge in [0.25, 0.3) is 5.56 Å². The van der Waals surface area contributed by atoms with Gasteiger partial charge in [-0.05, 0) is 51.0 Å². The highest BCUT2D eigenvalue weighted by atomic mass is 19.1. The van der Waals surface area contributed by atoms with Crippen LogP contribution < -0.4 is 21.1 Å². The molecule has 2 aliphatic rings. The molecule has 216 valence electrons. The zero-order chi connectivity index (χ0) is 28.8. The predicted molar refractivity (Wildman–Crippen MR) is 158 cm³/mol. The van der Waals surface area contributed by atoms with Crippen molar-refractivity contribution in [2.24, 2.45) is 0 Å². The van der Waals surface area contributed by atoms with Crippen molar-refractivity contribution >= 4 is 28.4 Å². The van der Waals surface area contributed by atoms with Crippen molar-refractivity contribution in [3.63, 3.8) is 0 Å². The second-order valence-electron chi connectivity index (χ2n) is 11.1. The number of halogens is 1. The number of nitrogens with zero attached hydrogens (tertiary/aromatic N) is 7. The van der Waals surface area contributed by atoms with Crippen LogP contribution in [0.4, 0.5) is 21.7 Å². The van der Waals surface area contributed by atoms with Gasteiger partial charge in [-0.1, -0.05) is 12.8 Å². The van der Waals surface area contributed by atoms with E-state index in [4.69, 9.17) is 9.40 Å². The zero-order valence-electron chi connectivity index (χ0n) is 23.5. The number of fused-ring (bicyclic) bond motifs is 1. The minimum atomic E-state index is -0.304. The fraction of sp³-hybridized carbons (Fsp3) is 0.367. The molecule has 1 atom stereocenters. The molecular weight excluding hydrogens is 537 g/mol. The number of oxazole rings is 1. The first-order chi connectivity index (χ1) is 20.5. The summed E-state index contributed by atoms with van der Waals surface area (Å²) in [6, 6.07) is 7.13. The third-order valence-corrected chi connectivity index (χ3v) is 8.40. The Morgan fingerprint density at radius 3 is 2.76 bits per heavy atom. The Morgan fingerprint density at radius 2 is 2.00 bits per heavy atom. The van der Waals surface area contributed by atoms with Gasteiger partial charge in [0.2, 0.25) is 11.8 Å². The Balaban J connectivity index is 1.26. The van der Waals surface area contributed by atoms with Gasteiger partial charge in [0, 0.05) is 49.0 Å². The van der Waals surface area contributed by atoms with E-state index in [1.165, 1.54) is 12.5 Å². The van der Waals surface area contributed by atoms with E-state index in [9.17, 15) is 4.79 Å². The molecule has 0 amide bonds. The SMILES string of the molecule is Cc1c(-c2cc3cnc(Nc4ccc(N5CCNCC5C)c(F)c4)nc3n(C3CCCC3)c2=O)ncn1-c1cnco1. The van der Waals surface area contributed by atoms with Gasteiger partial charge in [-0.2, -0.15) is 4.98 Å². The monoisotopic (exact) mass is 569 g/mol. The normalized spacial score (nSPS) is 17.8. The maximum absolute atomic E-state index is 15.2. The third-order valence-electron chi connectivity index (χ3n) is 8.40. The molecule has 1 saturated carbocycles. The lowest BCUT2D eigenvalue weighted by molar-refractivity contribution is 0.491. The van der Waals surface area contributed by atoms with E-state index in [0.717, 1.165) is 56.4 Å². The fourth-order valence-corrected chi connectivity index (χ4v) is 6.22. The number of benzene rings is 1. The van der Waals surface area contributed by atoms with Crippen LogP contribution in [0.5, 0.6) is 0 Å². The smallest absolute Gasteiger partial charge is 0.262 e. The van der Waals surface area contributed by atoms with E-state index in [1.807, 2.05) is 13.0 Å². The minimum Gasteiger partial charge on any atom is -0.427 e. The van der Waals surface area contributed by atoms with Crippen LogP contribution in [-0.4, -0.2) is 54.7 Å². The number of pyridine rings is 1. The highest BCUT2D eigenvalue weighted by molar-refractivity contribution is 5.82. The fourth-order valence-electron chi connectivity index (χ4n) is 6.22. The van der Waals surface area contributed by atoms with Crippen LogP contribution in [0.25, 0.3) is 28.2 Å². The molecule has 12 heteroatoms. The largest absolute Gasteiger partial charge is 0.427 e. The molecule has 1 aromatic carbocycles. The molecule has 0 spiro atoms. The van der Waals surface area contributed by atoms with Gasteiger partial charge in [-0.3, -0.25) is 13.9 Å². The summed E-state index contributed by atoms with van der Waals surface area (Å²) >= 11 is 0. The molecule has 1 saturated heterocycles. The molecule has 1 aliphatic carbocycles. The summed E-state index contributed by atoms with van der Waals surface area (Å²) in [5, 5.41) is 7.21. The van der Waals surface area contributed by atoms with E-state index < -0.39 is 0 Å². The number of aromatic nitrogens is 6. The molecule has 1 unspecified atom stereocenters. The first kappa shape index (κ1) is 26.3. The summed E-state index contributed by atoms with van der Waals surface area (Å²) < 4.78 is 24.2. The molecule has 1 aliphatic heterocycles. The zero-order valence-corrected chi connectivity index (χ0v) is 23.5. The molecule has 0 radical (unpaired) electrons. The predicted octanol–water partition coefficient (Wildman–Crippen LogP) is 4.74. The van der Waals surface area contributed by atoms with Gasteiger partial charge in [-0.25, -0.2) is 19.3 Å². The Labute approximate surface area is 241 Å². The molecule has 42 heavy (non-hydrogen) atoms. The summed E-state index contributed by atoms with van der Waals surface area (Å²) in [6.07, 6.45) is 10.2. The lowest BCUT2D eigenvalue weighted by Gasteiger charge is -2.36. The van der Waals surface area contributed by atoms with E-state index in [0.29, 0.717) is 40.1 Å². The van der Waals surface area contributed by atoms with Crippen LogP contribution in [0.3, 0.4) is 0 Å². The average Bonchev–Trinajstić information content (AvgIpc) is 3.77. The minimum absolute atomic E-state index is 0.0251. The summed E-state index contributed by atoms with van der Waals surface area (Å²) in [6.45, 7) is 6.36. The number of imidazole rings is 1. The molecule has 2 fully saturated rings. The molecule has 5 heterocycles. The van der Waals surface area contributed by atoms with Crippen LogP contribution in [0.2, 0.25) is 0 Å². The van der Waals surface area contributed by atoms with Crippen molar-refractivity contribution in [2.45, 2.75) is 51.6 Å². The van der Waals surface area contributed by atoms with Crippen molar-refractivity contribution in [3.8, 4) is 17.1 Å². The second kappa shape index (κ2) is 10.7. The highest BCUT2D eigenvalue weighted by Crippen LogP contribution is 2.33. The molecule has 11 nitrogen and oxygen atoms in total. The third kappa shape index (κ3) is 4.61. The quantitative estimate of drug-likeness (QED) is 0.299. The standard InChI is InChI=1S/C30H32FN9O2/c1-18-13-32-9-10-38(18)25-8-7-21(12-24(25)31)36-30-34-14-20-11-23(27-19(2)39(16-35-27)26-15-33-17-42-26)29(41)40(28(20)37-30)22-5-3-4-6-22/h7-8,11-12,14-18,22,32H,3-6,9-10,13H2,1-2H3,(H,34,36,37). The summed E-state index contributed by atoms with van der Waals surface area (Å²) in [5.74, 6) is 0.520. The van der Waals surface area contributed by atoms with Crippen LogP contribution in [-0.2, 0) is 0 Å². The number of hydrogen-bond acceptors (Lipinski definition) is 9. The second-order valence-corrected chi connectivity index (χ2v) is 11.1. The molecule has 0 bridgehead atoms. The van der Waals surface area contributed by atoms with Crippen molar-refractivity contribution in [1.29, 1.82) is 0 Å². The van der Waals surface area contributed by atoms with Crippen LogP contribution in [0.15, 0.2) is 58.6 Å². The molecular formula is C30H32FN9O2. The molecule has 5 aromatic rings. The lowest BCUT2D eigenvalue weighted by Crippen LogP contribution is -2.50. The number of anilines is 3. The van der Waals surface area contributed by atoms with Gasteiger partial charge in [0.15, 0.2) is 6.39 Å². The van der Waals surface area contributed by atoms with Crippen molar-refractivity contribution in [2.75, 3.05) is 29.9 Å². The summed E-state index contributed by atoms with van der Waals surface area (Å²) in [5.41, 5.74) is 3.34. The first-order valence-electron chi connectivity index (χ1n) is 14.4. The van der Waals surface area contributed by atoms with E-state index in [-0.39, 0.29) is 23.5 Å². The molecule has 2 N–H and O–H groups in total. The number of nitrogens with one attached hydrogen (secondary N) is 2. The summed E-state index contributed by atoms with van der Waals surface area (Å²) in [4.78, 5) is 34.0. The average molecular weight is 570 g/mol. The molecule has 4 aromatic heterocycles. The molecule has 7 rings (SSSR count). The van der Waals surface area contributed by atoms with Crippen molar-refractivity contribution in [1.82, 2.24) is 34.4 Å². The van der Waals surface area contributed by atoms with Gasteiger partial charge in [-0.15, -0.1) is 0 Å². The Morgan fingerprint density at radius 1 is 1.14 bits per heavy atom. The highest BCUT2D eigenvalue weighted by Gasteiger charge is 2.26. The van der Waals surface area contributed by atoms with Crippen LogP contribution in [0, 0.1) is 12.7 Å². The maximum Gasteiger partial charge on any atom is 0.262 e. The number of rotatable bonds is 6. The Bertz CT molecular complexity index is 1810. The lowest BCUT2D eigenvalue weighted by atomic mass is 10.1. The number of piperazine rings is 1. The topological polar surface area (TPSA) is 119 Å². The Hall–Kier alpha value is -4.58. The number of hydrogen-bond donors (Lipinski definition) is 2. The van der Waals surface area contributed by atoms with Gasteiger partial charge >= 0.3 is 0 Å². The Kier molecular flexibility index (Phi) is 6.69. The first-order valence-corrected chi connectivity index (χ1v) is 14.4. The van der Waals surface area contributed by atoms with Crippen molar-refractivity contribution < 1.29 is 8.81 Å². The van der Waals surface area contributed by atoms with Crippen LogP contribution in [0.1, 0.15) is 44.3 Å². The van der Waals surface area contributed by atoms with Crippen LogP contribution >= 0.6 is 0 Å². The van der Waals surface area contributed by atoms with E-state index >= 15 is 4.39 Å². The van der Waals surface area contributed by atoms with Gasteiger partial charge in [0.1, 0.15) is 17.8 Å². The van der Waals surface area contributed by atoms with Gasteiger partial charge in [0.05, 0.1) is 28.8 Å². The van der Waals surface area contributed by atoms with Gasteiger partial charge < -0.3 is 20.0 Å². The van der Waals surface area contributed by atoms with E-state index in [2.05, 4.69) is 37.4 Å².